The zero-order valence-electron chi connectivity index (χ0n) is 14.8. The second kappa shape index (κ2) is 12.2. The van der Waals surface area contributed by atoms with Crippen LogP contribution in [0, 0.1) is 5.92 Å². The molecule has 0 fully saturated rings. The molecule has 0 radical (unpaired) electrons. The molecule has 0 aliphatic heterocycles. The van der Waals surface area contributed by atoms with Gasteiger partial charge >= 0.3 is 17.9 Å². The molecule has 9 heteroatoms. The van der Waals surface area contributed by atoms with E-state index in [9.17, 15) is 19.2 Å². The van der Waals surface area contributed by atoms with Crippen LogP contribution >= 0.6 is 0 Å². The monoisotopic (exact) mass is 360 g/mol. The Labute approximate surface area is 147 Å². The number of amides is 1. The minimum Gasteiger partial charge on any atom is -0.480 e. The Bertz CT molecular complexity index is 449. The van der Waals surface area contributed by atoms with Gasteiger partial charge in [-0.3, -0.25) is 24.1 Å². The van der Waals surface area contributed by atoms with Crippen molar-refractivity contribution in [3.63, 3.8) is 0 Å². The molecular weight excluding hydrogens is 332 g/mol. The average molecular weight is 360 g/mol. The van der Waals surface area contributed by atoms with Gasteiger partial charge in [-0.1, -0.05) is 26.7 Å². The van der Waals surface area contributed by atoms with E-state index in [0.717, 1.165) is 22.6 Å². The van der Waals surface area contributed by atoms with Crippen LogP contribution in [0.15, 0.2) is 0 Å². The molecule has 0 saturated heterocycles. The fraction of sp³-hybridized carbons (Fsp3) is 0.750. The van der Waals surface area contributed by atoms with Gasteiger partial charge in [0.05, 0.1) is 13.1 Å². The molecule has 25 heavy (non-hydrogen) atoms. The smallest absolute Gasteiger partial charge is 0.323 e. The fourth-order valence-electron chi connectivity index (χ4n) is 2.30. The number of unbranched alkanes of at least 4 members (excludes halogenated alkanes) is 1. The molecule has 0 aromatic heterocycles. The summed E-state index contributed by atoms with van der Waals surface area (Å²) in [6.07, 6.45) is 2.73. The maximum atomic E-state index is 12.2. The molecule has 0 bridgehead atoms. The highest BCUT2D eigenvalue weighted by Crippen LogP contribution is 2.09. The van der Waals surface area contributed by atoms with E-state index in [1.54, 1.807) is 0 Å². The van der Waals surface area contributed by atoms with E-state index in [4.69, 9.17) is 15.3 Å². The minimum atomic E-state index is -1.19. The number of hydrogen-bond acceptors (Lipinski definition) is 5. The minimum absolute atomic E-state index is 0.0242. The van der Waals surface area contributed by atoms with Crippen LogP contribution in [0.5, 0.6) is 0 Å². The van der Waals surface area contributed by atoms with Gasteiger partial charge in [-0.05, 0) is 12.3 Å². The van der Waals surface area contributed by atoms with Crippen LogP contribution in [0.25, 0.3) is 0 Å². The zero-order valence-corrected chi connectivity index (χ0v) is 14.8. The van der Waals surface area contributed by atoms with Crippen LogP contribution in [-0.2, 0) is 19.2 Å². The van der Waals surface area contributed by atoms with Gasteiger partial charge in [-0.2, -0.15) is 0 Å². The Kier molecular flexibility index (Phi) is 11.2. The third-order valence-electron chi connectivity index (χ3n) is 3.50. The van der Waals surface area contributed by atoms with E-state index in [-0.39, 0.29) is 25.4 Å². The largest absolute Gasteiger partial charge is 0.480 e. The summed E-state index contributed by atoms with van der Waals surface area (Å²) in [4.78, 5) is 46.9. The second-order valence-corrected chi connectivity index (χ2v) is 6.35. The summed E-state index contributed by atoms with van der Waals surface area (Å²) in [5.41, 5.74) is 0. The number of carbonyl (C=O) groups is 4. The molecule has 0 atom stereocenters. The maximum absolute atomic E-state index is 12.2. The van der Waals surface area contributed by atoms with Crippen molar-refractivity contribution < 1.29 is 34.5 Å². The Morgan fingerprint density at radius 3 is 1.76 bits per heavy atom. The average Bonchev–Trinajstić information content (AvgIpc) is 2.45. The number of nitrogens with zero attached hydrogens (tertiary/aromatic N) is 2. The summed E-state index contributed by atoms with van der Waals surface area (Å²) >= 11 is 0. The van der Waals surface area contributed by atoms with Crippen molar-refractivity contribution in [2.24, 2.45) is 5.92 Å². The predicted octanol–water partition coefficient (Wildman–Crippen LogP) is 0.587. The predicted molar refractivity (Wildman–Crippen MR) is 89.2 cm³/mol. The number of hydrogen-bond donors (Lipinski definition) is 3. The van der Waals surface area contributed by atoms with Gasteiger partial charge < -0.3 is 20.2 Å². The van der Waals surface area contributed by atoms with Crippen molar-refractivity contribution in [1.29, 1.82) is 0 Å². The van der Waals surface area contributed by atoms with Crippen LogP contribution in [0.2, 0.25) is 0 Å². The maximum Gasteiger partial charge on any atom is 0.323 e. The van der Waals surface area contributed by atoms with Gasteiger partial charge in [0.1, 0.15) is 6.54 Å². The van der Waals surface area contributed by atoms with E-state index in [1.807, 2.05) is 0 Å². The van der Waals surface area contributed by atoms with Gasteiger partial charge in [0.2, 0.25) is 5.91 Å². The van der Waals surface area contributed by atoms with Crippen LogP contribution in [0.1, 0.15) is 39.5 Å². The molecular formula is C16H28N2O7. The van der Waals surface area contributed by atoms with Gasteiger partial charge in [0.25, 0.3) is 0 Å². The first-order valence-electron chi connectivity index (χ1n) is 8.27. The molecule has 1 amide bonds. The van der Waals surface area contributed by atoms with Gasteiger partial charge in [-0.15, -0.1) is 0 Å². The SMILES string of the molecule is CC(C)CCCCC(=O)N(CCN(CC(=O)O)CC(=O)O)CC(=O)O. The highest BCUT2D eigenvalue weighted by Gasteiger charge is 2.19. The lowest BCUT2D eigenvalue weighted by Gasteiger charge is -2.25. The number of rotatable bonds is 14. The quantitative estimate of drug-likeness (QED) is 0.383. The number of aliphatic carboxylic acids is 3. The van der Waals surface area contributed by atoms with Crippen molar-refractivity contribution in [3.8, 4) is 0 Å². The lowest BCUT2D eigenvalue weighted by atomic mass is 10.1. The normalized spacial score (nSPS) is 10.9. The van der Waals surface area contributed by atoms with Gasteiger partial charge in [-0.25, -0.2) is 0 Å². The molecule has 0 rings (SSSR count). The summed E-state index contributed by atoms with van der Waals surface area (Å²) in [6.45, 7) is 2.64. The molecule has 144 valence electrons. The van der Waals surface area contributed by atoms with Gasteiger partial charge in [0, 0.05) is 19.5 Å². The van der Waals surface area contributed by atoms with Crippen LogP contribution in [0.4, 0.5) is 0 Å². The van der Waals surface area contributed by atoms with Crippen LogP contribution in [-0.4, -0.2) is 81.7 Å². The van der Waals surface area contributed by atoms with E-state index < -0.39 is 37.5 Å². The molecule has 0 aromatic carbocycles. The Morgan fingerprint density at radius 2 is 1.32 bits per heavy atom. The number of carboxylic acids is 3. The Morgan fingerprint density at radius 1 is 0.800 bits per heavy atom. The first-order valence-corrected chi connectivity index (χ1v) is 8.27. The molecule has 0 spiro atoms. The standard InChI is InChI=1S/C16H28N2O7/c1-12(2)5-3-4-6-13(19)18(11-16(24)25)8-7-17(9-14(20)21)10-15(22)23/h12H,3-11H2,1-2H3,(H,20,21)(H,22,23)(H,24,25). The molecule has 0 aromatic rings. The summed E-state index contributed by atoms with van der Waals surface area (Å²) in [6, 6.07) is 0. The second-order valence-electron chi connectivity index (χ2n) is 6.35. The first-order chi connectivity index (χ1) is 11.6. The van der Waals surface area contributed by atoms with Crippen molar-refractivity contribution in [3.05, 3.63) is 0 Å². The third-order valence-corrected chi connectivity index (χ3v) is 3.50. The summed E-state index contributed by atoms with van der Waals surface area (Å²) in [5, 5.41) is 26.5. The molecule has 0 saturated carbocycles. The Hall–Kier alpha value is -2.16. The molecule has 9 nitrogen and oxygen atoms in total. The molecule has 0 heterocycles. The number of carbonyl (C=O) groups excluding carboxylic acids is 1. The highest BCUT2D eigenvalue weighted by atomic mass is 16.4. The fourth-order valence-corrected chi connectivity index (χ4v) is 2.30. The Balaban J connectivity index is 4.61. The zero-order chi connectivity index (χ0) is 19.4. The van der Waals surface area contributed by atoms with Crippen molar-refractivity contribution in [2.75, 3.05) is 32.7 Å². The molecule has 0 aliphatic carbocycles. The number of carboxylic acid groups (broad SMARTS) is 3. The summed E-state index contributed by atoms with van der Waals surface area (Å²) < 4.78 is 0. The third kappa shape index (κ3) is 12.9. The molecule has 3 N–H and O–H groups in total. The van der Waals surface area contributed by atoms with E-state index in [2.05, 4.69) is 13.8 Å². The van der Waals surface area contributed by atoms with Crippen molar-refractivity contribution in [1.82, 2.24) is 9.80 Å². The summed E-state index contributed by atoms with van der Waals surface area (Å²) in [5.74, 6) is -3.33. The van der Waals surface area contributed by atoms with E-state index in [1.165, 1.54) is 0 Å². The van der Waals surface area contributed by atoms with Crippen LogP contribution < -0.4 is 0 Å². The van der Waals surface area contributed by atoms with Crippen molar-refractivity contribution in [2.45, 2.75) is 39.5 Å². The van der Waals surface area contributed by atoms with E-state index >= 15 is 0 Å². The molecule has 0 unspecified atom stereocenters. The molecule has 0 aliphatic rings. The highest BCUT2D eigenvalue weighted by molar-refractivity contribution is 5.81. The lowest BCUT2D eigenvalue weighted by Crippen LogP contribution is -2.44. The van der Waals surface area contributed by atoms with E-state index in [0.29, 0.717) is 12.3 Å². The van der Waals surface area contributed by atoms with Crippen LogP contribution in [0.3, 0.4) is 0 Å². The first kappa shape index (κ1) is 22.8. The van der Waals surface area contributed by atoms with Crippen molar-refractivity contribution >= 4 is 23.8 Å². The lowest BCUT2D eigenvalue weighted by molar-refractivity contribution is -0.145. The van der Waals surface area contributed by atoms with Gasteiger partial charge in [0.15, 0.2) is 0 Å². The summed E-state index contributed by atoms with van der Waals surface area (Å²) in [7, 11) is 0. The topological polar surface area (TPSA) is 135 Å².